The third kappa shape index (κ3) is 5.18. The summed E-state index contributed by atoms with van der Waals surface area (Å²) in [6, 6.07) is 23.8. The number of halogens is 1. The van der Waals surface area contributed by atoms with Crippen LogP contribution < -0.4 is 9.47 Å². The van der Waals surface area contributed by atoms with Gasteiger partial charge in [0.1, 0.15) is 12.4 Å². The van der Waals surface area contributed by atoms with Gasteiger partial charge in [0.25, 0.3) is 0 Å². The molecule has 4 rings (SSSR count). The highest BCUT2D eigenvalue weighted by molar-refractivity contribution is 6.31. The molecule has 0 spiro atoms. The van der Waals surface area contributed by atoms with Crippen molar-refractivity contribution in [3.05, 3.63) is 107 Å². The van der Waals surface area contributed by atoms with Gasteiger partial charge >= 0.3 is 0 Å². The molecule has 0 atom stereocenters. The highest BCUT2D eigenvalue weighted by Gasteiger charge is 2.12. The topological polar surface area (TPSA) is 55.8 Å². The average Bonchev–Trinajstić information content (AvgIpc) is 2.83. The summed E-state index contributed by atoms with van der Waals surface area (Å²) in [7, 11) is 0. The summed E-state index contributed by atoms with van der Waals surface area (Å²) in [4.78, 5) is 12.7. The lowest BCUT2D eigenvalue weighted by atomic mass is 10.0. The van der Waals surface area contributed by atoms with Crippen molar-refractivity contribution in [2.45, 2.75) is 13.5 Å². The number of phenols is 1. The zero-order chi connectivity index (χ0) is 23.2. The first-order valence-electron chi connectivity index (χ1n) is 10.6. The van der Waals surface area contributed by atoms with E-state index >= 15 is 0 Å². The Balaban J connectivity index is 1.53. The van der Waals surface area contributed by atoms with Crippen LogP contribution in [0.1, 0.15) is 28.4 Å². The fraction of sp³-hybridized carbons (Fsp3) is 0.107. The van der Waals surface area contributed by atoms with E-state index in [1.54, 1.807) is 24.3 Å². The number of hydrogen-bond acceptors (Lipinski definition) is 4. The molecule has 5 heteroatoms. The Morgan fingerprint density at radius 3 is 2.55 bits per heavy atom. The number of carbonyl (C=O) groups is 1. The quantitative estimate of drug-likeness (QED) is 0.226. The minimum absolute atomic E-state index is 0.0129. The van der Waals surface area contributed by atoms with Crippen molar-refractivity contribution in [1.29, 1.82) is 0 Å². The lowest BCUT2D eigenvalue weighted by Gasteiger charge is -2.13. The van der Waals surface area contributed by atoms with E-state index in [4.69, 9.17) is 21.1 Å². The number of ketones is 1. The van der Waals surface area contributed by atoms with Crippen molar-refractivity contribution < 1.29 is 19.4 Å². The molecule has 4 aromatic rings. The summed E-state index contributed by atoms with van der Waals surface area (Å²) in [5.41, 5.74) is 1.92. The first-order chi connectivity index (χ1) is 16.1. The van der Waals surface area contributed by atoms with Gasteiger partial charge in [-0.25, -0.2) is 0 Å². The molecule has 0 saturated heterocycles. The van der Waals surface area contributed by atoms with Gasteiger partial charge in [-0.2, -0.15) is 0 Å². The second kappa shape index (κ2) is 10.2. The number of rotatable bonds is 8. The van der Waals surface area contributed by atoms with Crippen LogP contribution in [0, 0.1) is 0 Å². The number of carbonyl (C=O) groups excluding carboxylic acids is 1. The molecule has 4 aromatic carbocycles. The average molecular weight is 459 g/mol. The van der Waals surface area contributed by atoms with Crippen molar-refractivity contribution in [1.82, 2.24) is 0 Å². The predicted molar refractivity (Wildman–Crippen MR) is 132 cm³/mol. The Morgan fingerprint density at radius 1 is 0.939 bits per heavy atom. The number of phenolic OH excluding ortho intramolecular Hbond substituents is 1. The molecule has 0 unspecified atom stereocenters. The van der Waals surface area contributed by atoms with Crippen LogP contribution in [-0.4, -0.2) is 17.5 Å². The normalized spacial score (nSPS) is 11.1. The zero-order valence-corrected chi connectivity index (χ0v) is 18.9. The molecule has 0 bridgehead atoms. The van der Waals surface area contributed by atoms with Gasteiger partial charge in [0.15, 0.2) is 17.3 Å². The SMILES string of the molecule is CCOc1cc(/C=C/C(=O)c2ccc3ccccc3c2O)ccc1OCc1ccccc1Cl. The molecular weight excluding hydrogens is 436 g/mol. The number of fused-ring (bicyclic) bond motifs is 1. The lowest BCUT2D eigenvalue weighted by Crippen LogP contribution is -2.00. The number of ether oxygens (including phenoxy) is 2. The predicted octanol–water partition coefficient (Wildman–Crippen LogP) is 7.07. The molecule has 1 N–H and O–H groups in total. The minimum Gasteiger partial charge on any atom is -0.507 e. The molecule has 0 aliphatic carbocycles. The fourth-order valence-corrected chi connectivity index (χ4v) is 3.69. The maximum Gasteiger partial charge on any atom is 0.189 e. The van der Waals surface area contributed by atoms with Gasteiger partial charge in [0, 0.05) is 16.0 Å². The molecule has 0 aliphatic heterocycles. The molecule has 0 saturated carbocycles. The summed E-state index contributed by atoms with van der Waals surface area (Å²) in [6.07, 6.45) is 3.14. The van der Waals surface area contributed by atoms with Gasteiger partial charge in [-0.15, -0.1) is 0 Å². The van der Waals surface area contributed by atoms with Crippen LogP contribution in [0.3, 0.4) is 0 Å². The number of hydrogen-bond donors (Lipinski definition) is 1. The van der Waals surface area contributed by atoms with Crippen molar-refractivity contribution >= 4 is 34.2 Å². The summed E-state index contributed by atoms with van der Waals surface area (Å²) in [5.74, 6) is 0.872. The van der Waals surface area contributed by atoms with E-state index in [1.165, 1.54) is 6.08 Å². The van der Waals surface area contributed by atoms with E-state index in [9.17, 15) is 9.90 Å². The maximum absolute atomic E-state index is 12.7. The molecule has 0 amide bonds. The standard InChI is InChI=1S/C28H23ClO4/c1-2-32-27-17-19(12-16-26(27)33-18-21-8-4-6-10-24(21)29)11-15-25(30)23-14-13-20-7-3-5-9-22(20)28(23)31/h3-17,31H,2,18H2,1H3/b15-11+. The van der Waals surface area contributed by atoms with Crippen LogP contribution in [0.15, 0.2) is 84.9 Å². The van der Waals surface area contributed by atoms with Crippen LogP contribution in [0.4, 0.5) is 0 Å². The summed E-state index contributed by atoms with van der Waals surface area (Å²) in [6.45, 7) is 2.68. The van der Waals surface area contributed by atoms with Crippen molar-refractivity contribution in [3.8, 4) is 17.2 Å². The molecule has 0 fully saturated rings. The van der Waals surface area contributed by atoms with E-state index < -0.39 is 0 Å². The van der Waals surface area contributed by atoms with Crippen LogP contribution in [0.2, 0.25) is 5.02 Å². The van der Waals surface area contributed by atoms with Crippen molar-refractivity contribution in [2.75, 3.05) is 6.61 Å². The minimum atomic E-state index is -0.282. The van der Waals surface area contributed by atoms with Crippen LogP contribution in [0.5, 0.6) is 17.2 Å². The number of allylic oxidation sites excluding steroid dienone is 1. The van der Waals surface area contributed by atoms with Gasteiger partial charge in [-0.3, -0.25) is 4.79 Å². The van der Waals surface area contributed by atoms with Crippen LogP contribution in [-0.2, 0) is 6.61 Å². The lowest BCUT2D eigenvalue weighted by molar-refractivity contribution is 0.104. The molecule has 0 aliphatic rings. The van der Waals surface area contributed by atoms with Gasteiger partial charge in [-0.05, 0) is 48.2 Å². The van der Waals surface area contributed by atoms with Crippen LogP contribution >= 0.6 is 11.6 Å². The fourth-order valence-electron chi connectivity index (χ4n) is 3.50. The molecular formula is C28H23ClO4. The largest absolute Gasteiger partial charge is 0.507 e. The summed E-state index contributed by atoms with van der Waals surface area (Å²) < 4.78 is 11.7. The van der Waals surface area contributed by atoms with E-state index in [1.807, 2.05) is 67.6 Å². The maximum atomic E-state index is 12.7. The first kappa shape index (κ1) is 22.4. The Morgan fingerprint density at radius 2 is 1.73 bits per heavy atom. The zero-order valence-electron chi connectivity index (χ0n) is 18.1. The van der Waals surface area contributed by atoms with E-state index in [-0.39, 0.29) is 17.1 Å². The third-order valence-electron chi connectivity index (χ3n) is 5.20. The monoisotopic (exact) mass is 458 g/mol. The Kier molecular flexibility index (Phi) is 6.96. The Hall–Kier alpha value is -3.76. The highest BCUT2D eigenvalue weighted by atomic mass is 35.5. The second-order valence-electron chi connectivity index (χ2n) is 7.40. The Labute approximate surface area is 197 Å². The summed E-state index contributed by atoms with van der Waals surface area (Å²) in [5, 5.41) is 12.7. The molecule has 0 aromatic heterocycles. The third-order valence-corrected chi connectivity index (χ3v) is 5.57. The first-order valence-corrected chi connectivity index (χ1v) is 11.0. The van der Waals surface area contributed by atoms with Gasteiger partial charge in [0.2, 0.25) is 0 Å². The van der Waals surface area contributed by atoms with E-state index in [2.05, 4.69) is 0 Å². The van der Waals surface area contributed by atoms with Crippen molar-refractivity contribution in [3.63, 3.8) is 0 Å². The second-order valence-corrected chi connectivity index (χ2v) is 7.81. The molecule has 4 nitrogen and oxygen atoms in total. The van der Waals surface area contributed by atoms with Gasteiger partial charge < -0.3 is 14.6 Å². The van der Waals surface area contributed by atoms with Gasteiger partial charge in [-0.1, -0.05) is 72.3 Å². The van der Waals surface area contributed by atoms with E-state index in [0.29, 0.717) is 35.1 Å². The highest BCUT2D eigenvalue weighted by Crippen LogP contribution is 2.32. The molecule has 33 heavy (non-hydrogen) atoms. The summed E-state index contributed by atoms with van der Waals surface area (Å²) >= 11 is 6.21. The molecule has 0 heterocycles. The number of benzene rings is 4. The van der Waals surface area contributed by atoms with E-state index in [0.717, 1.165) is 16.5 Å². The van der Waals surface area contributed by atoms with Crippen molar-refractivity contribution in [2.24, 2.45) is 0 Å². The molecule has 0 radical (unpaired) electrons. The smallest absolute Gasteiger partial charge is 0.189 e. The van der Waals surface area contributed by atoms with Gasteiger partial charge in [0.05, 0.1) is 12.2 Å². The number of aromatic hydroxyl groups is 1. The Bertz CT molecular complexity index is 1330. The van der Waals surface area contributed by atoms with Crippen LogP contribution in [0.25, 0.3) is 16.8 Å². The molecule has 166 valence electrons.